The van der Waals surface area contributed by atoms with Crippen molar-refractivity contribution in [1.29, 1.82) is 0 Å². The minimum Gasteiger partial charge on any atom is -0.468 e. The molecule has 0 fully saturated rings. The van der Waals surface area contributed by atoms with Gasteiger partial charge >= 0.3 is 5.97 Å². The Bertz CT molecular complexity index is 338. The summed E-state index contributed by atoms with van der Waals surface area (Å²) >= 11 is 0. The summed E-state index contributed by atoms with van der Waals surface area (Å²) in [5.74, 6) is -0.441. The van der Waals surface area contributed by atoms with Crippen LogP contribution < -0.4 is 5.73 Å². The van der Waals surface area contributed by atoms with Crippen LogP contribution in [0.5, 0.6) is 0 Å². The van der Waals surface area contributed by atoms with E-state index in [4.69, 9.17) is 5.73 Å². The highest BCUT2D eigenvalue weighted by Crippen LogP contribution is 2.25. The standard InChI is InChI=1S/C10H15N3O2/c1-10(2,8(11)9(14)15-3)7-4-12-6-13-5-7/h4-6,8H,11H2,1-3H3. The molecule has 0 bridgehead atoms. The minimum absolute atomic E-state index is 0.441. The molecule has 5 nitrogen and oxygen atoms in total. The Kier molecular flexibility index (Phi) is 3.36. The van der Waals surface area contributed by atoms with Crippen LogP contribution in [0.2, 0.25) is 0 Å². The molecule has 0 aliphatic carbocycles. The third-order valence-electron chi connectivity index (χ3n) is 2.54. The van der Waals surface area contributed by atoms with Gasteiger partial charge in [0.25, 0.3) is 0 Å². The highest BCUT2D eigenvalue weighted by atomic mass is 16.5. The van der Waals surface area contributed by atoms with E-state index in [2.05, 4.69) is 14.7 Å². The first-order valence-electron chi connectivity index (χ1n) is 4.59. The van der Waals surface area contributed by atoms with Crippen LogP contribution >= 0.6 is 0 Å². The van der Waals surface area contributed by atoms with Gasteiger partial charge in [-0.05, 0) is 5.56 Å². The van der Waals surface area contributed by atoms with Crippen LogP contribution in [0.1, 0.15) is 19.4 Å². The third-order valence-corrected chi connectivity index (χ3v) is 2.54. The van der Waals surface area contributed by atoms with E-state index in [9.17, 15) is 4.79 Å². The second-order valence-electron chi connectivity index (χ2n) is 3.85. The number of hydrogen-bond donors (Lipinski definition) is 1. The molecular formula is C10H15N3O2. The summed E-state index contributed by atoms with van der Waals surface area (Å²) in [5.41, 5.74) is 6.07. The molecule has 82 valence electrons. The number of carbonyl (C=O) groups is 1. The fourth-order valence-corrected chi connectivity index (χ4v) is 1.23. The van der Waals surface area contributed by atoms with Crippen LogP contribution in [0.15, 0.2) is 18.7 Å². The summed E-state index contributed by atoms with van der Waals surface area (Å²) in [6, 6.07) is -0.728. The number of ether oxygens (including phenoxy) is 1. The van der Waals surface area contributed by atoms with Crippen molar-refractivity contribution in [2.45, 2.75) is 25.3 Å². The van der Waals surface area contributed by atoms with Crippen LogP contribution in [-0.2, 0) is 14.9 Å². The SMILES string of the molecule is COC(=O)C(N)C(C)(C)c1cncnc1. The molecule has 0 radical (unpaired) electrons. The molecule has 15 heavy (non-hydrogen) atoms. The van der Waals surface area contributed by atoms with Crippen molar-refractivity contribution in [3.63, 3.8) is 0 Å². The van der Waals surface area contributed by atoms with E-state index >= 15 is 0 Å². The Labute approximate surface area is 88.7 Å². The van der Waals surface area contributed by atoms with E-state index in [0.29, 0.717) is 0 Å². The van der Waals surface area contributed by atoms with Gasteiger partial charge < -0.3 is 10.5 Å². The molecule has 1 rings (SSSR count). The number of methoxy groups -OCH3 is 1. The number of carbonyl (C=O) groups excluding carboxylic acids is 1. The first kappa shape index (κ1) is 11.6. The maximum absolute atomic E-state index is 11.3. The van der Waals surface area contributed by atoms with Crippen molar-refractivity contribution in [2.75, 3.05) is 7.11 Å². The van der Waals surface area contributed by atoms with E-state index in [-0.39, 0.29) is 0 Å². The zero-order chi connectivity index (χ0) is 11.5. The average molecular weight is 209 g/mol. The molecule has 0 saturated heterocycles. The van der Waals surface area contributed by atoms with Crippen LogP contribution in [0.3, 0.4) is 0 Å². The molecule has 0 aliphatic rings. The lowest BCUT2D eigenvalue weighted by atomic mass is 9.79. The summed E-state index contributed by atoms with van der Waals surface area (Å²) < 4.78 is 4.62. The Hall–Kier alpha value is -1.49. The van der Waals surface area contributed by atoms with Crippen molar-refractivity contribution in [1.82, 2.24) is 9.97 Å². The zero-order valence-corrected chi connectivity index (χ0v) is 9.10. The smallest absolute Gasteiger partial charge is 0.323 e. The quantitative estimate of drug-likeness (QED) is 0.722. The molecule has 1 aromatic rings. The molecule has 5 heteroatoms. The Balaban J connectivity index is 2.97. The lowest BCUT2D eigenvalue weighted by molar-refractivity contribution is -0.143. The summed E-state index contributed by atoms with van der Waals surface area (Å²) in [6.07, 6.45) is 4.73. The molecule has 2 N–H and O–H groups in total. The van der Waals surface area contributed by atoms with Gasteiger partial charge in [0.1, 0.15) is 12.4 Å². The largest absolute Gasteiger partial charge is 0.468 e. The van der Waals surface area contributed by atoms with Gasteiger partial charge in [-0.3, -0.25) is 4.79 Å². The third kappa shape index (κ3) is 2.30. The van der Waals surface area contributed by atoms with E-state index in [0.717, 1.165) is 5.56 Å². The first-order chi connectivity index (χ1) is 7.00. The van der Waals surface area contributed by atoms with Crippen LogP contribution in [0.4, 0.5) is 0 Å². The number of hydrogen-bond acceptors (Lipinski definition) is 5. The summed E-state index contributed by atoms with van der Waals surface area (Å²) in [6.45, 7) is 3.71. The van der Waals surface area contributed by atoms with Gasteiger partial charge in [0.15, 0.2) is 0 Å². The predicted octanol–water partition coefficient (Wildman–Crippen LogP) is 0.254. The fourth-order valence-electron chi connectivity index (χ4n) is 1.23. The van der Waals surface area contributed by atoms with Gasteiger partial charge in [-0.15, -0.1) is 0 Å². The van der Waals surface area contributed by atoms with Crippen LogP contribution in [0.25, 0.3) is 0 Å². The summed E-state index contributed by atoms with van der Waals surface area (Å²) in [4.78, 5) is 19.1. The van der Waals surface area contributed by atoms with Crippen LogP contribution in [0, 0.1) is 0 Å². The minimum atomic E-state index is -0.728. The lowest BCUT2D eigenvalue weighted by Gasteiger charge is -2.29. The number of nitrogens with two attached hydrogens (primary N) is 1. The molecule has 1 unspecified atom stereocenters. The van der Waals surface area contributed by atoms with Gasteiger partial charge in [0.2, 0.25) is 0 Å². The fraction of sp³-hybridized carbons (Fsp3) is 0.500. The average Bonchev–Trinajstić information content (AvgIpc) is 2.28. The molecule has 1 atom stereocenters. The second-order valence-corrected chi connectivity index (χ2v) is 3.85. The lowest BCUT2D eigenvalue weighted by Crippen LogP contribution is -2.47. The molecule has 1 heterocycles. The van der Waals surface area contributed by atoms with Crippen molar-refractivity contribution < 1.29 is 9.53 Å². The molecule has 0 amide bonds. The molecule has 0 aromatic carbocycles. The maximum atomic E-state index is 11.3. The van der Waals surface area contributed by atoms with Gasteiger partial charge in [-0.1, -0.05) is 13.8 Å². The van der Waals surface area contributed by atoms with E-state index in [1.807, 2.05) is 13.8 Å². The molecule has 0 spiro atoms. The van der Waals surface area contributed by atoms with Gasteiger partial charge in [-0.2, -0.15) is 0 Å². The number of rotatable bonds is 3. The molecule has 0 aliphatic heterocycles. The highest BCUT2D eigenvalue weighted by Gasteiger charge is 2.34. The van der Waals surface area contributed by atoms with Crippen molar-refractivity contribution in [3.8, 4) is 0 Å². The highest BCUT2D eigenvalue weighted by molar-refractivity contribution is 5.77. The van der Waals surface area contributed by atoms with E-state index < -0.39 is 17.4 Å². The van der Waals surface area contributed by atoms with E-state index in [1.165, 1.54) is 13.4 Å². The number of nitrogens with zero attached hydrogens (tertiary/aromatic N) is 2. The molecule has 1 aromatic heterocycles. The summed E-state index contributed by atoms with van der Waals surface area (Å²) in [5, 5.41) is 0. The van der Waals surface area contributed by atoms with Gasteiger partial charge in [0.05, 0.1) is 7.11 Å². The topological polar surface area (TPSA) is 78.1 Å². The Morgan fingerprint density at radius 1 is 1.47 bits per heavy atom. The monoisotopic (exact) mass is 209 g/mol. The van der Waals surface area contributed by atoms with Crippen molar-refractivity contribution in [3.05, 3.63) is 24.3 Å². The zero-order valence-electron chi connectivity index (χ0n) is 9.10. The normalized spacial score (nSPS) is 13.3. The molecule has 0 saturated carbocycles. The van der Waals surface area contributed by atoms with Crippen molar-refractivity contribution >= 4 is 5.97 Å². The van der Waals surface area contributed by atoms with E-state index in [1.54, 1.807) is 12.4 Å². The maximum Gasteiger partial charge on any atom is 0.323 e. The van der Waals surface area contributed by atoms with Crippen molar-refractivity contribution in [2.24, 2.45) is 5.73 Å². The first-order valence-corrected chi connectivity index (χ1v) is 4.59. The summed E-state index contributed by atoms with van der Waals surface area (Å²) in [7, 11) is 1.32. The second kappa shape index (κ2) is 4.35. The predicted molar refractivity (Wildman–Crippen MR) is 55.0 cm³/mol. The Morgan fingerprint density at radius 3 is 2.47 bits per heavy atom. The van der Waals surface area contributed by atoms with Gasteiger partial charge in [-0.25, -0.2) is 9.97 Å². The number of aromatic nitrogens is 2. The Morgan fingerprint density at radius 2 is 2.00 bits per heavy atom. The van der Waals surface area contributed by atoms with Gasteiger partial charge in [0, 0.05) is 17.8 Å². The molecular weight excluding hydrogens is 194 g/mol. The number of esters is 1. The van der Waals surface area contributed by atoms with Crippen LogP contribution in [-0.4, -0.2) is 29.1 Å².